The highest BCUT2D eigenvalue weighted by Crippen LogP contribution is 2.34. The van der Waals surface area contributed by atoms with Gasteiger partial charge in [0.15, 0.2) is 11.6 Å². The lowest BCUT2D eigenvalue weighted by molar-refractivity contribution is 0.249. The van der Waals surface area contributed by atoms with Crippen molar-refractivity contribution in [3.05, 3.63) is 71.8 Å². The van der Waals surface area contributed by atoms with Gasteiger partial charge in [-0.3, -0.25) is 0 Å². The number of benzene rings is 3. The molecule has 0 unspecified atom stereocenters. The Hall–Kier alpha value is -2.22. The van der Waals surface area contributed by atoms with Gasteiger partial charge in [-0.05, 0) is 70.3 Å². The first-order chi connectivity index (χ1) is 15.1. The summed E-state index contributed by atoms with van der Waals surface area (Å²) >= 11 is 0. The van der Waals surface area contributed by atoms with Crippen LogP contribution in [0.25, 0.3) is 21.9 Å². The van der Waals surface area contributed by atoms with Crippen LogP contribution in [0.4, 0.5) is 8.78 Å². The van der Waals surface area contributed by atoms with Crippen molar-refractivity contribution in [3.63, 3.8) is 0 Å². The molecular weight excluding hydrogens is 386 g/mol. The molecule has 0 amide bonds. The molecule has 1 saturated carbocycles. The smallest absolute Gasteiger partial charge is 0.159 e. The number of halogens is 2. The minimum Gasteiger partial charge on any atom is -0.204 e. The number of hydrogen-bond acceptors (Lipinski definition) is 0. The molecule has 0 atom stereocenters. The van der Waals surface area contributed by atoms with Crippen molar-refractivity contribution in [2.75, 3.05) is 0 Å². The number of aryl methyl sites for hydroxylation is 1. The first-order valence-electron chi connectivity index (χ1n) is 12.1. The predicted molar refractivity (Wildman–Crippen MR) is 127 cm³/mol. The van der Waals surface area contributed by atoms with Crippen molar-refractivity contribution in [1.29, 1.82) is 0 Å². The molecule has 0 aromatic heterocycles. The Morgan fingerprint density at radius 2 is 1.32 bits per heavy atom. The molecule has 0 N–H and O–H groups in total. The molecular formula is C29H34F2. The molecule has 0 nitrogen and oxygen atoms in total. The zero-order valence-electron chi connectivity index (χ0n) is 18.7. The van der Waals surface area contributed by atoms with Gasteiger partial charge in [-0.1, -0.05) is 94.7 Å². The average Bonchev–Trinajstić information content (AvgIpc) is 2.80. The van der Waals surface area contributed by atoms with E-state index in [0.717, 1.165) is 29.2 Å². The molecule has 1 fully saturated rings. The van der Waals surface area contributed by atoms with Gasteiger partial charge < -0.3 is 0 Å². The molecule has 0 aliphatic heterocycles. The Kier molecular flexibility index (Phi) is 7.37. The molecule has 0 heterocycles. The molecule has 164 valence electrons. The zero-order valence-corrected chi connectivity index (χ0v) is 18.7. The zero-order chi connectivity index (χ0) is 21.6. The van der Waals surface area contributed by atoms with Gasteiger partial charge in [-0.2, -0.15) is 0 Å². The molecule has 4 rings (SSSR count). The van der Waals surface area contributed by atoms with Crippen molar-refractivity contribution in [2.45, 2.75) is 71.1 Å². The van der Waals surface area contributed by atoms with E-state index in [0.29, 0.717) is 5.56 Å². The summed E-state index contributed by atoms with van der Waals surface area (Å²) in [6, 6.07) is 16.9. The van der Waals surface area contributed by atoms with Crippen LogP contribution < -0.4 is 0 Å². The molecule has 31 heavy (non-hydrogen) atoms. The van der Waals surface area contributed by atoms with Crippen LogP contribution in [0.2, 0.25) is 0 Å². The first-order valence-corrected chi connectivity index (χ1v) is 12.1. The summed E-state index contributed by atoms with van der Waals surface area (Å²) in [5.41, 5.74) is 3.02. The van der Waals surface area contributed by atoms with Crippen LogP contribution in [0.3, 0.4) is 0 Å². The summed E-state index contributed by atoms with van der Waals surface area (Å²) in [5, 5.41) is 2.35. The van der Waals surface area contributed by atoms with E-state index < -0.39 is 11.6 Å². The largest absolute Gasteiger partial charge is 0.204 e. The van der Waals surface area contributed by atoms with Gasteiger partial charge in [0, 0.05) is 0 Å². The number of fused-ring (bicyclic) bond motifs is 1. The van der Waals surface area contributed by atoms with Gasteiger partial charge in [0.2, 0.25) is 0 Å². The van der Waals surface area contributed by atoms with E-state index in [4.69, 9.17) is 0 Å². The topological polar surface area (TPSA) is 0 Å². The Bertz CT molecular complexity index is 999. The molecule has 0 bridgehead atoms. The fourth-order valence-corrected chi connectivity index (χ4v) is 5.17. The standard InChI is InChI=1S/C29H34F2/c1-2-3-4-5-21-6-8-22(9-7-21)10-11-23-12-13-25-19-26(15-14-24(25)18-23)27-16-17-28(30)29(31)20-27/h12-22H,2-11H2,1H3/t21-,22-. The number of rotatable bonds is 8. The quantitative estimate of drug-likeness (QED) is 0.319. The Morgan fingerprint density at radius 3 is 2.06 bits per heavy atom. The predicted octanol–water partition coefficient (Wildman–Crippen LogP) is 9.10. The summed E-state index contributed by atoms with van der Waals surface area (Å²) < 4.78 is 26.8. The average molecular weight is 421 g/mol. The maximum Gasteiger partial charge on any atom is 0.159 e. The number of hydrogen-bond donors (Lipinski definition) is 0. The number of unbranched alkanes of at least 4 members (excludes halogenated alkanes) is 2. The van der Waals surface area contributed by atoms with E-state index in [1.807, 2.05) is 6.07 Å². The Balaban J connectivity index is 1.34. The second-order valence-electron chi connectivity index (χ2n) is 9.45. The summed E-state index contributed by atoms with van der Waals surface area (Å²) in [6.45, 7) is 2.29. The molecule has 3 aromatic carbocycles. The summed E-state index contributed by atoms with van der Waals surface area (Å²) in [7, 11) is 0. The second-order valence-corrected chi connectivity index (χ2v) is 9.45. The fourth-order valence-electron chi connectivity index (χ4n) is 5.17. The van der Waals surface area contributed by atoms with Gasteiger partial charge in [0.05, 0.1) is 0 Å². The van der Waals surface area contributed by atoms with E-state index in [9.17, 15) is 8.78 Å². The van der Waals surface area contributed by atoms with E-state index in [1.165, 1.54) is 80.9 Å². The van der Waals surface area contributed by atoms with Gasteiger partial charge in [0.1, 0.15) is 0 Å². The second kappa shape index (κ2) is 10.4. The molecule has 0 radical (unpaired) electrons. The van der Waals surface area contributed by atoms with Gasteiger partial charge in [-0.25, -0.2) is 8.78 Å². The Labute approximate surface area is 185 Å². The Morgan fingerprint density at radius 1 is 0.677 bits per heavy atom. The summed E-state index contributed by atoms with van der Waals surface area (Å²) in [5.74, 6) is 0.253. The maximum atomic E-state index is 13.6. The van der Waals surface area contributed by atoms with Crippen LogP contribution in [-0.2, 0) is 6.42 Å². The van der Waals surface area contributed by atoms with Crippen molar-refractivity contribution in [1.82, 2.24) is 0 Å². The van der Waals surface area contributed by atoms with E-state index in [-0.39, 0.29) is 0 Å². The van der Waals surface area contributed by atoms with Gasteiger partial charge in [0.25, 0.3) is 0 Å². The first kappa shape index (κ1) is 22.0. The van der Waals surface area contributed by atoms with E-state index in [1.54, 1.807) is 6.07 Å². The minimum absolute atomic E-state index is 0.704. The summed E-state index contributed by atoms with van der Waals surface area (Å²) in [6.07, 6.45) is 13.7. The SMILES string of the molecule is CCCCC[C@H]1CC[C@H](CCc2ccc3cc(-c4ccc(F)c(F)c4)ccc3c2)CC1. The van der Waals surface area contributed by atoms with Gasteiger partial charge in [-0.15, -0.1) is 0 Å². The third kappa shape index (κ3) is 5.73. The van der Waals surface area contributed by atoms with Crippen LogP contribution in [0.5, 0.6) is 0 Å². The molecule has 1 aliphatic rings. The molecule has 2 heteroatoms. The lowest BCUT2D eigenvalue weighted by Crippen LogP contribution is -2.15. The lowest BCUT2D eigenvalue weighted by atomic mass is 9.77. The van der Waals surface area contributed by atoms with Gasteiger partial charge >= 0.3 is 0 Å². The highest BCUT2D eigenvalue weighted by Gasteiger charge is 2.20. The van der Waals surface area contributed by atoms with Crippen LogP contribution in [-0.4, -0.2) is 0 Å². The normalized spacial score (nSPS) is 19.1. The molecule has 0 saturated heterocycles. The van der Waals surface area contributed by atoms with Crippen LogP contribution in [0, 0.1) is 23.5 Å². The van der Waals surface area contributed by atoms with Crippen LogP contribution in [0.1, 0.15) is 70.3 Å². The van der Waals surface area contributed by atoms with Crippen LogP contribution >= 0.6 is 0 Å². The third-order valence-corrected chi connectivity index (χ3v) is 7.18. The highest BCUT2D eigenvalue weighted by atomic mass is 19.2. The van der Waals surface area contributed by atoms with Crippen molar-refractivity contribution in [3.8, 4) is 11.1 Å². The maximum absolute atomic E-state index is 13.6. The molecule has 0 spiro atoms. The highest BCUT2D eigenvalue weighted by molar-refractivity contribution is 5.87. The minimum atomic E-state index is -0.806. The van der Waals surface area contributed by atoms with E-state index >= 15 is 0 Å². The molecule has 3 aromatic rings. The molecule has 1 aliphatic carbocycles. The van der Waals surface area contributed by atoms with Crippen molar-refractivity contribution in [2.24, 2.45) is 11.8 Å². The van der Waals surface area contributed by atoms with Crippen molar-refractivity contribution < 1.29 is 8.78 Å². The van der Waals surface area contributed by atoms with Crippen LogP contribution in [0.15, 0.2) is 54.6 Å². The summed E-state index contributed by atoms with van der Waals surface area (Å²) in [4.78, 5) is 0. The van der Waals surface area contributed by atoms with E-state index in [2.05, 4.69) is 37.3 Å². The monoisotopic (exact) mass is 420 g/mol. The third-order valence-electron chi connectivity index (χ3n) is 7.18. The fraction of sp³-hybridized carbons (Fsp3) is 0.448. The lowest BCUT2D eigenvalue weighted by Gasteiger charge is -2.28. The van der Waals surface area contributed by atoms with Crippen molar-refractivity contribution >= 4 is 10.8 Å².